The highest BCUT2D eigenvalue weighted by Crippen LogP contribution is 2.33. The SMILES string of the molecule is COc1ccc(CCNc2ncnc(Oc3cccc4ccccc34)c2N)cc1OC. The van der Waals surface area contributed by atoms with Crippen molar-refractivity contribution in [1.29, 1.82) is 0 Å². The number of rotatable bonds is 8. The Bertz CT molecular complexity index is 1190. The zero-order valence-electron chi connectivity index (χ0n) is 17.5. The quantitative estimate of drug-likeness (QED) is 0.431. The molecule has 1 aromatic heterocycles. The summed E-state index contributed by atoms with van der Waals surface area (Å²) in [5, 5.41) is 5.34. The van der Waals surface area contributed by atoms with Crippen LogP contribution in [0.1, 0.15) is 5.56 Å². The summed E-state index contributed by atoms with van der Waals surface area (Å²) in [6.45, 7) is 0.629. The second-order valence-corrected chi connectivity index (χ2v) is 6.89. The van der Waals surface area contributed by atoms with Crippen LogP contribution in [0.15, 0.2) is 67.0 Å². The van der Waals surface area contributed by atoms with E-state index < -0.39 is 0 Å². The maximum atomic E-state index is 6.29. The first kappa shape index (κ1) is 20.3. The van der Waals surface area contributed by atoms with Crippen LogP contribution in [-0.4, -0.2) is 30.7 Å². The second kappa shape index (κ2) is 9.21. The van der Waals surface area contributed by atoms with Crippen LogP contribution in [-0.2, 0) is 6.42 Å². The maximum absolute atomic E-state index is 6.29. The van der Waals surface area contributed by atoms with E-state index in [-0.39, 0.29) is 0 Å². The summed E-state index contributed by atoms with van der Waals surface area (Å²) in [6, 6.07) is 19.7. The van der Waals surface area contributed by atoms with Crippen molar-refractivity contribution in [3.63, 3.8) is 0 Å². The molecule has 31 heavy (non-hydrogen) atoms. The molecule has 0 radical (unpaired) electrons. The molecule has 0 saturated heterocycles. The molecule has 0 saturated carbocycles. The molecule has 3 N–H and O–H groups in total. The first-order valence-electron chi connectivity index (χ1n) is 9.90. The molecule has 0 atom stereocenters. The smallest absolute Gasteiger partial charge is 0.248 e. The normalized spacial score (nSPS) is 10.6. The lowest BCUT2D eigenvalue weighted by atomic mass is 10.1. The molecule has 4 aromatic rings. The highest BCUT2D eigenvalue weighted by atomic mass is 16.5. The monoisotopic (exact) mass is 416 g/mol. The predicted octanol–water partition coefficient (Wildman–Crippen LogP) is 4.68. The van der Waals surface area contributed by atoms with Crippen molar-refractivity contribution in [3.05, 3.63) is 72.6 Å². The highest BCUT2D eigenvalue weighted by molar-refractivity contribution is 5.88. The van der Waals surface area contributed by atoms with Gasteiger partial charge in [0.1, 0.15) is 17.8 Å². The van der Waals surface area contributed by atoms with E-state index in [1.165, 1.54) is 6.33 Å². The van der Waals surface area contributed by atoms with E-state index in [0.717, 1.165) is 22.8 Å². The number of benzene rings is 3. The standard InChI is InChI=1S/C24H24N4O3/c1-29-20-11-10-16(14-21(20)30-2)12-13-26-23-22(25)24(28-15-27-23)31-19-9-5-7-17-6-3-4-8-18(17)19/h3-11,14-15H,12-13,25H2,1-2H3,(H,26,27,28). The van der Waals surface area contributed by atoms with E-state index in [2.05, 4.69) is 15.3 Å². The fourth-order valence-corrected chi connectivity index (χ4v) is 3.35. The van der Waals surface area contributed by atoms with Gasteiger partial charge in [0.15, 0.2) is 17.3 Å². The van der Waals surface area contributed by atoms with Gasteiger partial charge in [-0.1, -0.05) is 42.5 Å². The van der Waals surface area contributed by atoms with Crippen LogP contribution in [0, 0.1) is 0 Å². The molecule has 158 valence electrons. The minimum atomic E-state index is 0.319. The minimum Gasteiger partial charge on any atom is -0.493 e. The summed E-state index contributed by atoms with van der Waals surface area (Å²) >= 11 is 0. The molecule has 7 nitrogen and oxygen atoms in total. The Morgan fingerprint density at radius 3 is 2.52 bits per heavy atom. The lowest BCUT2D eigenvalue weighted by Crippen LogP contribution is -2.10. The second-order valence-electron chi connectivity index (χ2n) is 6.89. The average molecular weight is 416 g/mol. The Morgan fingerprint density at radius 1 is 0.871 bits per heavy atom. The summed E-state index contributed by atoms with van der Waals surface area (Å²) < 4.78 is 16.7. The van der Waals surface area contributed by atoms with Crippen LogP contribution in [0.5, 0.6) is 23.1 Å². The van der Waals surface area contributed by atoms with E-state index >= 15 is 0 Å². The number of ether oxygens (including phenoxy) is 3. The summed E-state index contributed by atoms with van der Waals surface area (Å²) in [5.74, 6) is 2.95. The fraction of sp³-hybridized carbons (Fsp3) is 0.167. The number of nitrogen functional groups attached to an aromatic ring is 1. The van der Waals surface area contributed by atoms with Crippen LogP contribution >= 0.6 is 0 Å². The number of nitrogens with two attached hydrogens (primary N) is 1. The topological polar surface area (TPSA) is 91.5 Å². The van der Waals surface area contributed by atoms with Gasteiger partial charge < -0.3 is 25.3 Å². The molecule has 7 heteroatoms. The van der Waals surface area contributed by atoms with Gasteiger partial charge >= 0.3 is 0 Å². The number of nitrogens with one attached hydrogen (secondary N) is 1. The number of nitrogens with zero attached hydrogens (tertiary/aromatic N) is 2. The van der Waals surface area contributed by atoms with E-state index in [9.17, 15) is 0 Å². The molecule has 0 bridgehead atoms. The molecule has 0 aliphatic heterocycles. The van der Waals surface area contributed by atoms with Crippen molar-refractivity contribution in [2.75, 3.05) is 31.8 Å². The maximum Gasteiger partial charge on any atom is 0.248 e. The van der Waals surface area contributed by atoms with Gasteiger partial charge in [-0.2, -0.15) is 4.98 Å². The summed E-state index contributed by atoms with van der Waals surface area (Å²) in [4.78, 5) is 8.48. The van der Waals surface area contributed by atoms with Gasteiger partial charge in [-0.25, -0.2) is 4.98 Å². The van der Waals surface area contributed by atoms with Gasteiger partial charge in [0.2, 0.25) is 5.88 Å². The van der Waals surface area contributed by atoms with Crippen molar-refractivity contribution in [3.8, 4) is 23.1 Å². The van der Waals surface area contributed by atoms with Crippen LogP contribution in [0.25, 0.3) is 10.8 Å². The van der Waals surface area contributed by atoms with Crippen molar-refractivity contribution >= 4 is 22.3 Å². The molecule has 0 aliphatic carbocycles. The Hall–Kier alpha value is -4.00. The molecular formula is C24H24N4O3. The van der Waals surface area contributed by atoms with Crippen LogP contribution in [0.2, 0.25) is 0 Å². The largest absolute Gasteiger partial charge is 0.493 e. The van der Waals surface area contributed by atoms with Crippen molar-refractivity contribution < 1.29 is 14.2 Å². The van der Waals surface area contributed by atoms with Gasteiger partial charge in [0.25, 0.3) is 0 Å². The van der Waals surface area contributed by atoms with Crippen molar-refractivity contribution in [2.24, 2.45) is 0 Å². The molecule has 0 unspecified atom stereocenters. The summed E-state index contributed by atoms with van der Waals surface area (Å²) in [6.07, 6.45) is 2.19. The highest BCUT2D eigenvalue weighted by Gasteiger charge is 2.12. The van der Waals surface area contributed by atoms with Crippen molar-refractivity contribution in [1.82, 2.24) is 9.97 Å². The fourth-order valence-electron chi connectivity index (χ4n) is 3.35. The average Bonchev–Trinajstić information content (AvgIpc) is 2.81. The van der Waals surface area contributed by atoms with Crippen LogP contribution < -0.4 is 25.3 Å². The number of aromatic nitrogens is 2. The minimum absolute atomic E-state index is 0.319. The van der Waals surface area contributed by atoms with Crippen LogP contribution in [0.4, 0.5) is 11.5 Å². The zero-order chi connectivity index (χ0) is 21.6. The molecule has 3 aromatic carbocycles. The Kier molecular flexibility index (Phi) is 6.03. The zero-order valence-corrected chi connectivity index (χ0v) is 17.5. The Labute approximate surface area is 180 Å². The number of hydrogen-bond acceptors (Lipinski definition) is 7. The summed E-state index contributed by atoms with van der Waals surface area (Å²) in [5.41, 5.74) is 7.75. The third-order valence-electron chi connectivity index (χ3n) is 4.96. The van der Waals surface area contributed by atoms with E-state index in [1.807, 2.05) is 60.7 Å². The molecule has 1 heterocycles. The lowest BCUT2D eigenvalue weighted by Gasteiger charge is -2.13. The third kappa shape index (κ3) is 4.45. The molecule has 0 amide bonds. The number of anilines is 2. The third-order valence-corrected chi connectivity index (χ3v) is 4.96. The van der Waals surface area contributed by atoms with Gasteiger partial charge in [-0.3, -0.25) is 0 Å². The molecule has 4 rings (SSSR count). The summed E-state index contributed by atoms with van der Waals surface area (Å²) in [7, 11) is 3.24. The lowest BCUT2D eigenvalue weighted by molar-refractivity contribution is 0.354. The Morgan fingerprint density at radius 2 is 1.68 bits per heavy atom. The first-order chi connectivity index (χ1) is 15.2. The number of hydrogen-bond donors (Lipinski definition) is 2. The molecular weight excluding hydrogens is 392 g/mol. The number of methoxy groups -OCH3 is 2. The van der Waals surface area contributed by atoms with E-state index in [1.54, 1.807) is 14.2 Å². The number of fused-ring (bicyclic) bond motifs is 1. The van der Waals surface area contributed by atoms with E-state index in [0.29, 0.717) is 41.2 Å². The van der Waals surface area contributed by atoms with Gasteiger partial charge in [-0.05, 0) is 35.6 Å². The van der Waals surface area contributed by atoms with Crippen LogP contribution in [0.3, 0.4) is 0 Å². The first-order valence-corrected chi connectivity index (χ1v) is 9.90. The predicted molar refractivity (Wildman–Crippen MR) is 122 cm³/mol. The molecule has 0 spiro atoms. The van der Waals surface area contributed by atoms with Gasteiger partial charge in [-0.15, -0.1) is 0 Å². The molecule has 0 aliphatic rings. The van der Waals surface area contributed by atoms with Gasteiger partial charge in [0.05, 0.1) is 14.2 Å². The Balaban J connectivity index is 1.47. The van der Waals surface area contributed by atoms with Gasteiger partial charge in [0, 0.05) is 11.9 Å². The van der Waals surface area contributed by atoms with Crippen molar-refractivity contribution in [2.45, 2.75) is 6.42 Å². The molecule has 0 fully saturated rings. The van der Waals surface area contributed by atoms with E-state index in [4.69, 9.17) is 19.9 Å².